The highest BCUT2D eigenvalue weighted by atomic mass is 15.1. The van der Waals surface area contributed by atoms with Gasteiger partial charge in [0.05, 0.1) is 5.39 Å². The summed E-state index contributed by atoms with van der Waals surface area (Å²) in [7, 11) is 0. The Hall–Kier alpha value is -1.58. The number of rotatable bonds is 3. The maximum absolute atomic E-state index is 4.50. The Morgan fingerprint density at radius 2 is 2.15 bits per heavy atom. The number of nitrogens with one attached hydrogen (secondary N) is 2. The Morgan fingerprint density at radius 1 is 1.30 bits per heavy atom. The molecule has 108 valence electrons. The summed E-state index contributed by atoms with van der Waals surface area (Å²) in [5, 5.41) is 4.86. The Kier molecular flexibility index (Phi) is 3.64. The van der Waals surface area contributed by atoms with Gasteiger partial charge in [0.25, 0.3) is 0 Å². The van der Waals surface area contributed by atoms with Crippen molar-refractivity contribution in [2.24, 2.45) is 11.8 Å². The topological polar surface area (TPSA) is 53.6 Å². The lowest BCUT2D eigenvalue weighted by Gasteiger charge is -2.35. The van der Waals surface area contributed by atoms with Gasteiger partial charge in [-0.1, -0.05) is 33.6 Å². The van der Waals surface area contributed by atoms with Gasteiger partial charge in [-0.25, -0.2) is 9.97 Å². The smallest absolute Gasteiger partial charge is 0.143 e. The van der Waals surface area contributed by atoms with Crippen molar-refractivity contribution in [1.82, 2.24) is 15.0 Å². The molecular weight excluding hydrogens is 248 g/mol. The molecule has 2 aromatic heterocycles. The van der Waals surface area contributed by atoms with E-state index in [9.17, 15) is 0 Å². The normalized spacial score (nSPS) is 26.9. The van der Waals surface area contributed by atoms with Gasteiger partial charge >= 0.3 is 0 Å². The van der Waals surface area contributed by atoms with Crippen LogP contribution in [0.2, 0.25) is 0 Å². The van der Waals surface area contributed by atoms with Crippen LogP contribution in [0.5, 0.6) is 0 Å². The number of anilines is 1. The van der Waals surface area contributed by atoms with Crippen molar-refractivity contribution in [2.45, 2.75) is 52.5 Å². The van der Waals surface area contributed by atoms with E-state index in [1.54, 1.807) is 6.33 Å². The predicted octanol–water partition coefficient (Wildman–Crippen LogP) is 3.76. The molecule has 2 N–H and O–H groups in total. The monoisotopic (exact) mass is 272 g/mol. The van der Waals surface area contributed by atoms with Crippen LogP contribution in [0.15, 0.2) is 12.5 Å². The molecule has 0 saturated heterocycles. The molecule has 0 amide bonds. The van der Waals surface area contributed by atoms with Gasteiger partial charge in [-0.05, 0) is 30.2 Å². The second kappa shape index (κ2) is 5.43. The quantitative estimate of drug-likeness (QED) is 0.894. The first-order chi connectivity index (χ1) is 9.70. The van der Waals surface area contributed by atoms with Crippen molar-refractivity contribution in [3.8, 4) is 0 Å². The molecule has 2 aromatic rings. The van der Waals surface area contributed by atoms with Crippen molar-refractivity contribution in [1.29, 1.82) is 0 Å². The summed E-state index contributed by atoms with van der Waals surface area (Å²) in [4.78, 5) is 12.1. The van der Waals surface area contributed by atoms with Gasteiger partial charge in [0.1, 0.15) is 17.8 Å². The number of hydrogen-bond donors (Lipinski definition) is 2. The third-order valence-corrected chi connectivity index (χ3v) is 4.96. The molecule has 20 heavy (non-hydrogen) atoms. The average molecular weight is 272 g/mol. The number of aromatic nitrogens is 3. The van der Waals surface area contributed by atoms with Crippen molar-refractivity contribution in [3.05, 3.63) is 18.1 Å². The number of fused-ring (bicyclic) bond motifs is 1. The number of aryl methyl sites for hydroxylation is 1. The van der Waals surface area contributed by atoms with E-state index >= 15 is 0 Å². The molecule has 0 radical (unpaired) electrons. The lowest BCUT2D eigenvalue weighted by molar-refractivity contribution is 0.253. The third-order valence-electron chi connectivity index (χ3n) is 4.96. The standard InChI is InChI=1S/C16H24N4/c1-4-12-8-17-15-14(12)16(19-9-18-15)20-13-7-5-6-10(2)11(13)3/h8-11,13H,4-7H2,1-3H3,(H2,17,18,19,20). The fraction of sp³-hybridized carbons (Fsp3) is 0.625. The number of H-pyrrole nitrogens is 1. The van der Waals surface area contributed by atoms with E-state index in [0.29, 0.717) is 12.0 Å². The van der Waals surface area contributed by atoms with Gasteiger partial charge in [0, 0.05) is 12.2 Å². The number of nitrogens with zero attached hydrogens (tertiary/aromatic N) is 2. The first-order valence-electron chi connectivity index (χ1n) is 7.78. The van der Waals surface area contributed by atoms with Crippen LogP contribution in [0.3, 0.4) is 0 Å². The fourth-order valence-corrected chi connectivity index (χ4v) is 3.38. The van der Waals surface area contributed by atoms with Gasteiger partial charge in [0.2, 0.25) is 0 Å². The largest absolute Gasteiger partial charge is 0.366 e. The van der Waals surface area contributed by atoms with E-state index < -0.39 is 0 Å². The Bertz CT molecular complexity index is 589. The summed E-state index contributed by atoms with van der Waals surface area (Å²) < 4.78 is 0. The highest BCUT2D eigenvalue weighted by Crippen LogP contribution is 2.33. The lowest BCUT2D eigenvalue weighted by Crippen LogP contribution is -2.35. The summed E-state index contributed by atoms with van der Waals surface area (Å²) in [5.74, 6) is 2.48. The summed E-state index contributed by atoms with van der Waals surface area (Å²) >= 11 is 0. The molecule has 2 heterocycles. The van der Waals surface area contributed by atoms with Crippen molar-refractivity contribution in [2.75, 3.05) is 5.32 Å². The molecule has 4 nitrogen and oxygen atoms in total. The molecule has 1 aliphatic rings. The van der Waals surface area contributed by atoms with Crippen LogP contribution in [-0.4, -0.2) is 21.0 Å². The maximum Gasteiger partial charge on any atom is 0.143 e. The zero-order valence-electron chi connectivity index (χ0n) is 12.6. The predicted molar refractivity (Wildman–Crippen MR) is 82.9 cm³/mol. The minimum absolute atomic E-state index is 0.524. The Labute approximate surface area is 120 Å². The maximum atomic E-state index is 4.50. The molecule has 0 bridgehead atoms. The van der Waals surface area contributed by atoms with Crippen LogP contribution in [0, 0.1) is 11.8 Å². The van der Waals surface area contributed by atoms with E-state index in [0.717, 1.165) is 23.8 Å². The van der Waals surface area contributed by atoms with Crippen LogP contribution in [0.25, 0.3) is 11.0 Å². The summed E-state index contributed by atoms with van der Waals surface area (Å²) in [6, 6.07) is 0.524. The highest BCUT2D eigenvalue weighted by molar-refractivity contribution is 5.90. The van der Waals surface area contributed by atoms with Gasteiger partial charge in [-0.15, -0.1) is 0 Å². The molecule has 1 saturated carbocycles. The molecule has 3 rings (SSSR count). The van der Waals surface area contributed by atoms with E-state index in [2.05, 4.69) is 47.2 Å². The molecule has 4 heteroatoms. The van der Waals surface area contributed by atoms with Gasteiger partial charge in [-0.3, -0.25) is 0 Å². The summed E-state index contributed by atoms with van der Waals surface area (Å²) in [6.07, 6.45) is 8.60. The first-order valence-corrected chi connectivity index (χ1v) is 7.78. The minimum Gasteiger partial charge on any atom is -0.366 e. The SMILES string of the molecule is CCc1c[nH]c2ncnc(NC3CCCC(C)C3C)c12. The van der Waals surface area contributed by atoms with Crippen LogP contribution in [-0.2, 0) is 6.42 Å². The average Bonchev–Trinajstić information content (AvgIpc) is 2.88. The van der Waals surface area contributed by atoms with Crippen LogP contribution in [0.1, 0.15) is 45.6 Å². The fourth-order valence-electron chi connectivity index (χ4n) is 3.38. The Morgan fingerprint density at radius 3 is 2.95 bits per heavy atom. The van der Waals surface area contributed by atoms with Crippen molar-refractivity contribution in [3.63, 3.8) is 0 Å². The lowest BCUT2D eigenvalue weighted by atomic mass is 9.78. The Balaban J connectivity index is 1.92. The first kappa shape index (κ1) is 13.4. The molecule has 3 atom stereocenters. The van der Waals surface area contributed by atoms with E-state index in [1.807, 2.05) is 0 Å². The van der Waals surface area contributed by atoms with Crippen LogP contribution in [0.4, 0.5) is 5.82 Å². The minimum atomic E-state index is 0.524. The molecule has 0 aliphatic heterocycles. The number of aromatic amines is 1. The third kappa shape index (κ3) is 2.28. The van der Waals surface area contributed by atoms with E-state index in [4.69, 9.17) is 0 Å². The molecule has 0 spiro atoms. The zero-order valence-corrected chi connectivity index (χ0v) is 12.6. The van der Waals surface area contributed by atoms with E-state index in [-0.39, 0.29) is 0 Å². The van der Waals surface area contributed by atoms with Crippen LogP contribution >= 0.6 is 0 Å². The van der Waals surface area contributed by atoms with Crippen LogP contribution < -0.4 is 5.32 Å². The highest BCUT2D eigenvalue weighted by Gasteiger charge is 2.27. The van der Waals surface area contributed by atoms with E-state index in [1.165, 1.54) is 30.2 Å². The molecule has 3 unspecified atom stereocenters. The number of hydrogen-bond acceptors (Lipinski definition) is 3. The molecule has 1 aliphatic carbocycles. The zero-order chi connectivity index (χ0) is 14.1. The second-order valence-corrected chi connectivity index (χ2v) is 6.13. The van der Waals surface area contributed by atoms with Gasteiger partial charge in [0.15, 0.2) is 0 Å². The van der Waals surface area contributed by atoms with Crippen molar-refractivity contribution < 1.29 is 0 Å². The molecule has 0 aromatic carbocycles. The summed E-state index contributed by atoms with van der Waals surface area (Å²) in [5.41, 5.74) is 2.23. The van der Waals surface area contributed by atoms with Gasteiger partial charge in [-0.2, -0.15) is 0 Å². The van der Waals surface area contributed by atoms with Gasteiger partial charge < -0.3 is 10.3 Å². The second-order valence-electron chi connectivity index (χ2n) is 6.13. The van der Waals surface area contributed by atoms with Crippen molar-refractivity contribution >= 4 is 16.9 Å². The summed E-state index contributed by atoms with van der Waals surface area (Å²) in [6.45, 7) is 6.89. The molecular formula is C16H24N4. The molecule has 1 fully saturated rings.